The molecule has 0 heteroatoms. The van der Waals surface area contributed by atoms with E-state index in [1.54, 1.807) is 25.7 Å². The van der Waals surface area contributed by atoms with Gasteiger partial charge in [-0.3, -0.25) is 0 Å². The summed E-state index contributed by atoms with van der Waals surface area (Å²) in [5, 5.41) is 0. The smallest absolute Gasteiger partial charge is 0.0354 e. The lowest BCUT2D eigenvalue weighted by Crippen LogP contribution is -2.16. The number of hydrogen-bond donors (Lipinski definition) is 0. The molecule has 2 fully saturated rings. The van der Waals surface area contributed by atoms with Gasteiger partial charge in [0.05, 0.1) is 0 Å². The fourth-order valence-electron chi connectivity index (χ4n) is 5.78. The van der Waals surface area contributed by atoms with Crippen LogP contribution in [0.15, 0.2) is 0 Å². The van der Waals surface area contributed by atoms with Crippen LogP contribution in [0.25, 0.3) is 0 Å². The molecule has 154 valence electrons. The second-order valence-electron chi connectivity index (χ2n) is 10.6. The quantitative estimate of drug-likeness (QED) is 0.402. The Kier molecular flexibility index (Phi) is 11.3. The van der Waals surface area contributed by atoms with Crippen LogP contribution in [0.1, 0.15) is 149 Å². The average Bonchev–Trinajstić information content (AvgIpc) is 2.64. The first-order valence-corrected chi connectivity index (χ1v) is 12.7. The lowest BCUT2D eigenvalue weighted by molar-refractivity contribution is 0.234. The minimum Gasteiger partial charge on any atom is -0.0599 e. The fraction of sp³-hybridized carbons (Fsp3) is 1.00. The van der Waals surface area contributed by atoms with E-state index in [1.807, 2.05) is 0 Å². The van der Waals surface area contributed by atoms with Crippen LogP contribution < -0.4 is 0 Å². The van der Waals surface area contributed by atoms with Gasteiger partial charge in [0.2, 0.25) is 0 Å². The van der Waals surface area contributed by atoms with Crippen molar-refractivity contribution in [2.24, 2.45) is 17.3 Å². The van der Waals surface area contributed by atoms with Crippen molar-refractivity contribution in [2.45, 2.75) is 149 Å². The highest BCUT2D eigenvalue weighted by Crippen LogP contribution is 2.36. The predicted molar refractivity (Wildman–Crippen MR) is 118 cm³/mol. The third kappa shape index (κ3) is 9.80. The van der Waals surface area contributed by atoms with Gasteiger partial charge in [-0.1, -0.05) is 136 Å². The summed E-state index contributed by atoms with van der Waals surface area (Å²) in [5.41, 5.74) is 0.595. The Morgan fingerprint density at radius 2 is 0.654 bits per heavy atom. The Bertz CT molecular complexity index is 329. The molecular formula is C26H50. The highest BCUT2D eigenvalue weighted by atomic mass is 14.3. The molecule has 0 saturated heterocycles. The van der Waals surface area contributed by atoms with Crippen molar-refractivity contribution in [3.8, 4) is 0 Å². The molecule has 26 heavy (non-hydrogen) atoms. The van der Waals surface area contributed by atoms with Crippen molar-refractivity contribution in [3.05, 3.63) is 0 Å². The molecule has 2 atom stereocenters. The maximum absolute atomic E-state index is 2.52. The van der Waals surface area contributed by atoms with Crippen LogP contribution in [-0.4, -0.2) is 0 Å². The van der Waals surface area contributed by atoms with E-state index in [0.717, 1.165) is 11.8 Å². The summed E-state index contributed by atoms with van der Waals surface area (Å²) < 4.78 is 0. The summed E-state index contributed by atoms with van der Waals surface area (Å²) in [4.78, 5) is 0. The molecule has 2 aliphatic carbocycles. The van der Waals surface area contributed by atoms with Crippen molar-refractivity contribution in [3.63, 3.8) is 0 Å². The van der Waals surface area contributed by atoms with Gasteiger partial charge in [0.15, 0.2) is 0 Å². The summed E-state index contributed by atoms with van der Waals surface area (Å²) in [6.45, 7) is 5.04. The lowest BCUT2D eigenvalue weighted by Gasteiger charge is -2.28. The summed E-state index contributed by atoms with van der Waals surface area (Å²) in [5.74, 6) is 2.11. The Hall–Kier alpha value is 0. The normalized spacial score (nSPS) is 31.6. The van der Waals surface area contributed by atoms with Gasteiger partial charge in [0.25, 0.3) is 0 Å². The maximum atomic E-state index is 2.52. The van der Waals surface area contributed by atoms with E-state index in [4.69, 9.17) is 0 Å². The molecule has 0 heterocycles. The van der Waals surface area contributed by atoms with Crippen molar-refractivity contribution in [1.29, 1.82) is 0 Å². The van der Waals surface area contributed by atoms with Gasteiger partial charge in [0.1, 0.15) is 0 Å². The van der Waals surface area contributed by atoms with Crippen molar-refractivity contribution in [1.82, 2.24) is 0 Å². The number of rotatable bonds is 0. The van der Waals surface area contributed by atoms with E-state index in [2.05, 4.69) is 13.8 Å². The minimum absolute atomic E-state index is 0.595. The Morgan fingerprint density at radius 1 is 0.385 bits per heavy atom. The van der Waals surface area contributed by atoms with Crippen LogP contribution in [0.3, 0.4) is 0 Å². The topological polar surface area (TPSA) is 0 Å². The van der Waals surface area contributed by atoms with E-state index in [-0.39, 0.29) is 0 Å². The second-order valence-corrected chi connectivity index (χ2v) is 10.6. The van der Waals surface area contributed by atoms with E-state index in [0.29, 0.717) is 5.41 Å². The van der Waals surface area contributed by atoms with Gasteiger partial charge in [-0.15, -0.1) is 0 Å². The van der Waals surface area contributed by atoms with Gasteiger partial charge < -0.3 is 0 Å². The molecule has 2 aliphatic rings. The third-order valence-electron chi connectivity index (χ3n) is 7.67. The van der Waals surface area contributed by atoms with Crippen LogP contribution in [-0.2, 0) is 0 Å². The highest BCUT2D eigenvalue weighted by Gasteiger charge is 2.23. The van der Waals surface area contributed by atoms with Gasteiger partial charge >= 0.3 is 0 Å². The first-order chi connectivity index (χ1) is 12.7. The monoisotopic (exact) mass is 362 g/mol. The zero-order valence-corrected chi connectivity index (χ0v) is 18.5. The lowest BCUT2D eigenvalue weighted by atomic mass is 9.77. The van der Waals surface area contributed by atoms with Crippen molar-refractivity contribution >= 4 is 0 Å². The third-order valence-corrected chi connectivity index (χ3v) is 7.67. The molecule has 0 bridgehead atoms. The van der Waals surface area contributed by atoms with Gasteiger partial charge in [-0.25, -0.2) is 0 Å². The Balaban J connectivity index is 1.93. The van der Waals surface area contributed by atoms with E-state index < -0.39 is 0 Å². The minimum atomic E-state index is 0.595. The standard InChI is InChI=1S/C26H50/c1-26(2)22-16-11-10-14-20-24-18-12-8-6-4-3-5-7-9-13-19-25(24)21-15-17-23-26/h24-25H,3-23H2,1-2H3. The van der Waals surface area contributed by atoms with Gasteiger partial charge in [0, 0.05) is 0 Å². The number of hydrogen-bond acceptors (Lipinski definition) is 0. The van der Waals surface area contributed by atoms with Crippen LogP contribution in [0.2, 0.25) is 0 Å². The van der Waals surface area contributed by atoms with Gasteiger partial charge in [-0.2, -0.15) is 0 Å². The molecule has 2 unspecified atom stereocenters. The molecule has 0 aromatic heterocycles. The SMILES string of the molecule is CC1(C)CCCCCCC2CCCCCCCCCCCC2CCCC1. The zero-order chi connectivity index (χ0) is 18.5. The summed E-state index contributed by atoms with van der Waals surface area (Å²) in [6.07, 6.45) is 31.7. The van der Waals surface area contributed by atoms with Crippen molar-refractivity contribution in [2.75, 3.05) is 0 Å². The summed E-state index contributed by atoms with van der Waals surface area (Å²) in [6, 6.07) is 0. The molecule has 0 nitrogen and oxygen atoms in total. The molecule has 0 aromatic rings. The molecule has 0 radical (unpaired) electrons. The number of fused-ring (bicyclic) bond motifs is 1. The van der Waals surface area contributed by atoms with Crippen LogP contribution in [0.5, 0.6) is 0 Å². The van der Waals surface area contributed by atoms with Gasteiger partial charge in [-0.05, 0) is 30.1 Å². The average molecular weight is 363 g/mol. The van der Waals surface area contributed by atoms with Crippen LogP contribution >= 0.6 is 0 Å². The molecule has 2 saturated carbocycles. The van der Waals surface area contributed by atoms with Crippen LogP contribution in [0, 0.1) is 17.3 Å². The largest absolute Gasteiger partial charge is 0.0599 e. The molecule has 0 aromatic carbocycles. The Labute approximate surface area is 166 Å². The predicted octanol–water partition coefficient (Wildman–Crippen LogP) is 9.46. The molecular weight excluding hydrogens is 312 g/mol. The summed E-state index contributed by atoms with van der Waals surface area (Å²) >= 11 is 0. The summed E-state index contributed by atoms with van der Waals surface area (Å²) in [7, 11) is 0. The van der Waals surface area contributed by atoms with E-state index in [1.165, 1.54) is 109 Å². The van der Waals surface area contributed by atoms with E-state index >= 15 is 0 Å². The zero-order valence-electron chi connectivity index (χ0n) is 18.5. The first-order valence-electron chi connectivity index (χ1n) is 12.7. The molecule has 0 spiro atoms. The second kappa shape index (κ2) is 13.2. The maximum Gasteiger partial charge on any atom is -0.0354 e. The highest BCUT2D eigenvalue weighted by molar-refractivity contribution is 4.75. The fourth-order valence-corrected chi connectivity index (χ4v) is 5.78. The first kappa shape index (κ1) is 22.3. The molecule has 0 N–H and O–H groups in total. The van der Waals surface area contributed by atoms with Crippen LogP contribution in [0.4, 0.5) is 0 Å². The molecule has 2 rings (SSSR count). The van der Waals surface area contributed by atoms with Crippen molar-refractivity contribution < 1.29 is 0 Å². The molecule has 0 amide bonds. The Morgan fingerprint density at radius 3 is 1.08 bits per heavy atom. The molecule has 0 aliphatic heterocycles. The van der Waals surface area contributed by atoms with E-state index in [9.17, 15) is 0 Å².